The van der Waals surface area contributed by atoms with Gasteiger partial charge in [-0.15, -0.1) is 0 Å². The van der Waals surface area contributed by atoms with E-state index in [1.807, 2.05) is 11.9 Å². The van der Waals surface area contributed by atoms with Crippen LogP contribution in [0.5, 0.6) is 0 Å². The molecule has 4 nitrogen and oxygen atoms in total. The molecule has 0 aliphatic carbocycles. The molecule has 0 saturated carbocycles. The standard InChI is InChI=1S/C13H20FN3O/c1-13(16-2,12(15)18)8-9-17(3)11-6-4-10(14)5-7-11/h4-7,16H,8-9H2,1-3H3,(H2,15,18). The molecular weight excluding hydrogens is 233 g/mol. The molecule has 0 fully saturated rings. The molecule has 1 aromatic carbocycles. The smallest absolute Gasteiger partial charge is 0.237 e. The van der Waals surface area contributed by atoms with Gasteiger partial charge in [-0.05, 0) is 44.7 Å². The van der Waals surface area contributed by atoms with Gasteiger partial charge >= 0.3 is 0 Å². The van der Waals surface area contributed by atoms with Crippen molar-refractivity contribution in [2.75, 3.05) is 25.5 Å². The maximum absolute atomic E-state index is 12.8. The first-order valence-electron chi connectivity index (χ1n) is 5.84. The molecule has 0 aliphatic heterocycles. The zero-order chi connectivity index (χ0) is 13.8. The summed E-state index contributed by atoms with van der Waals surface area (Å²) in [5, 5.41) is 2.93. The van der Waals surface area contributed by atoms with Gasteiger partial charge in [0.2, 0.25) is 5.91 Å². The summed E-state index contributed by atoms with van der Waals surface area (Å²) < 4.78 is 12.8. The number of carbonyl (C=O) groups excluding carboxylic acids is 1. The van der Waals surface area contributed by atoms with Crippen molar-refractivity contribution in [1.82, 2.24) is 5.32 Å². The number of hydrogen-bond donors (Lipinski definition) is 2. The van der Waals surface area contributed by atoms with E-state index in [0.717, 1.165) is 5.69 Å². The first kappa shape index (κ1) is 14.4. The van der Waals surface area contributed by atoms with Crippen molar-refractivity contribution in [2.24, 2.45) is 5.73 Å². The minimum absolute atomic E-state index is 0.260. The zero-order valence-electron chi connectivity index (χ0n) is 11.0. The Balaban J connectivity index is 2.63. The van der Waals surface area contributed by atoms with Gasteiger partial charge in [-0.3, -0.25) is 4.79 Å². The largest absolute Gasteiger partial charge is 0.375 e. The monoisotopic (exact) mass is 253 g/mol. The lowest BCUT2D eigenvalue weighted by molar-refractivity contribution is -0.123. The number of anilines is 1. The Hall–Kier alpha value is -1.62. The van der Waals surface area contributed by atoms with Gasteiger partial charge in [-0.1, -0.05) is 0 Å². The molecule has 1 unspecified atom stereocenters. The Kier molecular flexibility index (Phi) is 4.67. The summed E-state index contributed by atoms with van der Waals surface area (Å²) in [6.07, 6.45) is 0.576. The molecule has 100 valence electrons. The van der Waals surface area contributed by atoms with Crippen LogP contribution in [0.1, 0.15) is 13.3 Å². The Morgan fingerprint density at radius 2 is 2.00 bits per heavy atom. The van der Waals surface area contributed by atoms with Gasteiger partial charge in [0.25, 0.3) is 0 Å². The highest BCUT2D eigenvalue weighted by molar-refractivity contribution is 5.84. The lowest BCUT2D eigenvalue weighted by Crippen LogP contribution is -2.53. The van der Waals surface area contributed by atoms with Gasteiger partial charge < -0.3 is 16.0 Å². The van der Waals surface area contributed by atoms with Gasteiger partial charge in [0.1, 0.15) is 5.82 Å². The van der Waals surface area contributed by atoms with Crippen LogP contribution in [0, 0.1) is 5.82 Å². The summed E-state index contributed by atoms with van der Waals surface area (Å²) in [6, 6.07) is 6.24. The van der Waals surface area contributed by atoms with Crippen LogP contribution in [0.2, 0.25) is 0 Å². The number of carbonyl (C=O) groups is 1. The van der Waals surface area contributed by atoms with Gasteiger partial charge in [0.15, 0.2) is 0 Å². The molecule has 0 bridgehead atoms. The van der Waals surface area contributed by atoms with E-state index in [1.54, 1.807) is 26.1 Å². The predicted molar refractivity (Wildman–Crippen MR) is 70.9 cm³/mol. The molecule has 0 aromatic heterocycles. The average Bonchev–Trinajstić information content (AvgIpc) is 2.36. The van der Waals surface area contributed by atoms with Crippen LogP contribution in [0.15, 0.2) is 24.3 Å². The summed E-state index contributed by atoms with van der Waals surface area (Å²) >= 11 is 0. The second kappa shape index (κ2) is 5.82. The molecule has 1 rings (SSSR count). The summed E-state index contributed by atoms with van der Waals surface area (Å²) in [6.45, 7) is 2.42. The summed E-state index contributed by atoms with van der Waals surface area (Å²) in [5.41, 5.74) is 5.53. The third-order valence-electron chi connectivity index (χ3n) is 3.31. The number of hydrogen-bond acceptors (Lipinski definition) is 3. The molecular formula is C13H20FN3O. The molecule has 0 heterocycles. The molecule has 18 heavy (non-hydrogen) atoms. The van der Waals surface area contributed by atoms with Crippen LogP contribution >= 0.6 is 0 Å². The van der Waals surface area contributed by atoms with Crippen LogP contribution in [0.4, 0.5) is 10.1 Å². The fourth-order valence-electron chi connectivity index (χ4n) is 1.59. The van der Waals surface area contributed by atoms with E-state index in [4.69, 9.17) is 5.73 Å². The fraction of sp³-hybridized carbons (Fsp3) is 0.462. The average molecular weight is 253 g/mol. The van der Waals surface area contributed by atoms with Crippen LogP contribution < -0.4 is 16.0 Å². The summed E-state index contributed by atoms with van der Waals surface area (Å²) in [7, 11) is 3.60. The Bertz CT molecular complexity index is 407. The summed E-state index contributed by atoms with van der Waals surface area (Å²) in [5.74, 6) is -0.637. The van der Waals surface area contributed by atoms with Crippen LogP contribution in [0.3, 0.4) is 0 Å². The molecule has 0 radical (unpaired) electrons. The number of halogens is 1. The minimum atomic E-state index is -0.728. The third kappa shape index (κ3) is 3.43. The van der Waals surface area contributed by atoms with E-state index >= 15 is 0 Å². The van der Waals surface area contributed by atoms with Crippen molar-refractivity contribution < 1.29 is 9.18 Å². The second-order valence-electron chi connectivity index (χ2n) is 4.59. The molecule has 0 saturated heterocycles. The number of amides is 1. The fourth-order valence-corrected chi connectivity index (χ4v) is 1.59. The third-order valence-corrected chi connectivity index (χ3v) is 3.31. The van der Waals surface area contributed by atoms with Crippen LogP contribution in [0.25, 0.3) is 0 Å². The van der Waals surface area contributed by atoms with Gasteiger partial charge in [0.05, 0.1) is 5.54 Å². The van der Waals surface area contributed by atoms with E-state index < -0.39 is 5.54 Å². The van der Waals surface area contributed by atoms with Crippen molar-refractivity contribution in [2.45, 2.75) is 18.9 Å². The van der Waals surface area contributed by atoms with Crippen molar-refractivity contribution >= 4 is 11.6 Å². The molecule has 0 aliphatic rings. The zero-order valence-corrected chi connectivity index (χ0v) is 11.0. The SMILES string of the molecule is CNC(C)(CCN(C)c1ccc(F)cc1)C(N)=O. The number of likely N-dealkylation sites (N-methyl/N-ethyl adjacent to an activating group) is 1. The molecule has 1 aromatic rings. The van der Waals surface area contributed by atoms with E-state index in [0.29, 0.717) is 13.0 Å². The molecule has 3 N–H and O–H groups in total. The lowest BCUT2D eigenvalue weighted by Gasteiger charge is -2.29. The number of nitrogens with one attached hydrogen (secondary N) is 1. The Morgan fingerprint density at radius 1 is 1.44 bits per heavy atom. The topological polar surface area (TPSA) is 58.4 Å². The van der Waals surface area contributed by atoms with Crippen molar-refractivity contribution in [1.29, 1.82) is 0 Å². The molecule has 5 heteroatoms. The van der Waals surface area contributed by atoms with Gasteiger partial charge in [-0.25, -0.2) is 4.39 Å². The van der Waals surface area contributed by atoms with Crippen molar-refractivity contribution in [3.05, 3.63) is 30.1 Å². The summed E-state index contributed by atoms with van der Waals surface area (Å²) in [4.78, 5) is 13.3. The Morgan fingerprint density at radius 3 is 2.44 bits per heavy atom. The van der Waals surface area contributed by atoms with Crippen LogP contribution in [-0.2, 0) is 4.79 Å². The van der Waals surface area contributed by atoms with Crippen molar-refractivity contribution in [3.63, 3.8) is 0 Å². The minimum Gasteiger partial charge on any atom is -0.375 e. The number of primary amides is 1. The normalized spacial score (nSPS) is 14.0. The number of nitrogens with two attached hydrogens (primary N) is 1. The second-order valence-corrected chi connectivity index (χ2v) is 4.59. The Labute approximate surface area is 107 Å². The first-order valence-corrected chi connectivity index (χ1v) is 5.84. The highest BCUT2D eigenvalue weighted by Crippen LogP contribution is 2.16. The van der Waals surface area contributed by atoms with E-state index in [2.05, 4.69) is 5.32 Å². The number of benzene rings is 1. The molecule has 1 atom stereocenters. The van der Waals surface area contributed by atoms with Crippen LogP contribution in [-0.4, -0.2) is 32.1 Å². The number of rotatable bonds is 6. The molecule has 0 spiro atoms. The van der Waals surface area contributed by atoms with E-state index in [-0.39, 0.29) is 11.7 Å². The molecule has 1 amide bonds. The maximum Gasteiger partial charge on any atom is 0.237 e. The quantitative estimate of drug-likeness (QED) is 0.798. The highest BCUT2D eigenvalue weighted by atomic mass is 19.1. The maximum atomic E-state index is 12.8. The van der Waals surface area contributed by atoms with E-state index in [9.17, 15) is 9.18 Å². The van der Waals surface area contributed by atoms with Gasteiger partial charge in [0, 0.05) is 19.3 Å². The van der Waals surface area contributed by atoms with E-state index in [1.165, 1.54) is 12.1 Å². The highest BCUT2D eigenvalue weighted by Gasteiger charge is 2.28. The lowest BCUT2D eigenvalue weighted by atomic mass is 9.97. The first-order chi connectivity index (χ1) is 8.39. The predicted octanol–water partition coefficient (Wildman–Crippen LogP) is 1.12. The number of nitrogens with zero attached hydrogens (tertiary/aromatic N) is 1. The van der Waals surface area contributed by atoms with Gasteiger partial charge in [-0.2, -0.15) is 0 Å². The van der Waals surface area contributed by atoms with Crippen molar-refractivity contribution in [3.8, 4) is 0 Å².